The highest BCUT2D eigenvalue weighted by molar-refractivity contribution is 6.07. The number of rotatable bonds is 3. The molecular formula is C20H26N4O3. The first-order valence-corrected chi connectivity index (χ1v) is 9.71. The lowest BCUT2D eigenvalue weighted by Crippen LogP contribution is -2.49. The summed E-state index contributed by atoms with van der Waals surface area (Å²) >= 11 is 0. The molecule has 0 aromatic heterocycles. The van der Waals surface area contributed by atoms with Crippen LogP contribution in [0.1, 0.15) is 38.2 Å². The summed E-state index contributed by atoms with van der Waals surface area (Å²) in [5.41, 5.74) is 1.24. The Hall–Kier alpha value is -2.41. The standard InChI is InChI=1S/C20H26N4O3/c1-15-6-8-20(9-7-15)18(25)24(19(26)22-20)21-14-16-2-4-17(5-3-16)23-10-12-27-13-11-23/h2-5,14-15H,6-13H2,1H3,(H,22,26)/b21-14+. The second-order valence-corrected chi connectivity index (χ2v) is 7.75. The molecule has 2 heterocycles. The summed E-state index contributed by atoms with van der Waals surface area (Å²) < 4.78 is 5.38. The Balaban J connectivity index is 1.43. The van der Waals surface area contributed by atoms with Crippen molar-refractivity contribution in [3.8, 4) is 0 Å². The van der Waals surface area contributed by atoms with Crippen molar-refractivity contribution >= 4 is 23.8 Å². The number of urea groups is 1. The maximum Gasteiger partial charge on any atom is 0.346 e. The Morgan fingerprint density at radius 1 is 1.15 bits per heavy atom. The highest BCUT2D eigenvalue weighted by Crippen LogP contribution is 2.36. The van der Waals surface area contributed by atoms with E-state index in [1.54, 1.807) is 6.21 Å². The summed E-state index contributed by atoms with van der Waals surface area (Å²) in [4.78, 5) is 27.3. The number of morpholine rings is 1. The quantitative estimate of drug-likeness (QED) is 0.655. The Bertz CT molecular complexity index is 732. The Labute approximate surface area is 159 Å². The van der Waals surface area contributed by atoms with Gasteiger partial charge < -0.3 is 15.0 Å². The first-order valence-electron chi connectivity index (χ1n) is 9.71. The molecule has 4 rings (SSSR count). The second kappa shape index (κ2) is 7.31. The molecule has 0 unspecified atom stereocenters. The molecule has 7 heteroatoms. The van der Waals surface area contributed by atoms with Crippen LogP contribution >= 0.6 is 0 Å². The first kappa shape index (κ1) is 18.0. The SMILES string of the molecule is CC1CCC2(CC1)NC(=O)N(/N=C/c1ccc(N3CCOCC3)cc1)C2=O. The third-order valence-electron chi connectivity index (χ3n) is 5.86. The van der Waals surface area contributed by atoms with Crippen molar-refractivity contribution in [1.29, 1.82) is 0 Å². The molecule has 2 saturated heterocycles. The predicted molar refractivity (Wildman–Crippen MR) is 103 cm³/mol. The molecule has 1 spiro atoms. The number of carbonyl (C=O) groups is 2. The predicted octanol–water partition coefficient (Wildman–Crippen LogP) is 2.36. The van der Waals surface area contributed by atoms with Crippen LogP contribution < -0.4 is 10.2 Å². The number of benzene rings is 1. The van der Waals surface area contributed by atoms with E-state index < -0.39 is 11.6 Å². The van der Waals surface area contributed by atoms with E-state index in [-0.39, 0.29) is 5.91 Å². The Kier molecular flexibility index (Phi) is 4.86. The Morgan fingerprint density at radius 3 is 2.48 bits per heavy atom. The lowest BCUT2D eigenvalue weighted by atomic mass is 9.77. The molecule has 0 atom stereocenters. The summed E-state index contributed by atoms with van der Waals surface area (Å²) in [6.07, 6.45) is 4.86. The van der Waals surface area contributed by atoms with Gasteiger partial charge in [0.05, 0.1) is 19.4 Å². The maximum absolute atomic E-state index is 12.8. The van der Waals surface area contributed by atoms with Gasteiger partial charge >= 0.3 is 6.03 Å². The third kappa shape index (κ3) is 3.56. The van der Waals surface area contributed by atoms with Crippen molar-refractivity contribution in [3.05, 3.63) is 29.8 Å². The van der Waals surface area contributed by atoms with Crippen LogP contribution in [0, 0.1) is 5.92 Å². The van der Waals surface area contributed by atoms with Gasteiger partial charge in [-0.05, 0) is 49.3 Å². The average Bonchev–Trinajstić information content (AvgIpc) is 2.93. The van der Waals surface area contributed by atoms with Gasteiger partial charge in [0.1, 0.15) is 5.54 Å². The molecule has 27 heavy (non-hydrogen) atoms. The van der Waals surface area contributed by atoms with E-state index in [1.807, 2.05) is 24.3 Å². The maximum atomic E-state index is 12.8. The molecule has 0 bridgehead atoms. The van der Waals surface area contributed by atoms with Crippen molar-refractivity contribution in [2.75, 3.05) is 31.2 Å². The molecule has 0 radical (unpaired) electrons. The summed E-state index contributed by atoms with van der Waals surface area (Å²) in [7, 11) is 0. The topological polar surface area (TPSA) is 74.2 Å². The molecule has 7 nitrogen and oxygen atoms in total. The van der Waals surface area contributed by atoms with Crippen molar-refractivity contribution < 1.29 is 14.3 Å². The van der Waals surface area contributed by atoms with Crippen molar-refractivity contribution in [2.45, 2.75) is 38.1 Å². The second-order valence-electron chi connectivity index (χ2n) is 7.75. The van der Waals surface area contributed by atoms with Gasteiger partial charge in [0.25, 0.3) is 5.91 Å². The van der Waals surface area contributed by atoms with Gasteiger partial charge in [-0.2, -0.15) is 5.10 Å². The number of hydrogen-bond donors (Lipinski definition) is 1. The van der Waals surface area contributed by atoms with Crippen LogP contribution in [0.4, 0.5) is 10.5 Å². The summed E-state index contributed by atoms with van der Waals surface area (Å²) in [5.74, 6) is 0.378. The van der Waals surface area contributed by atoms with Crippen LogP contribution in [0.2, 0.25) is 0 Å². The minimum Gasteiger partial charge on any atom is -0.378 e. The zero-order valence-electron chi connectivity index (χ0n) is 15.7. The molecule has 1 saturated carbocycles. The molecule has 2 aliphatic heterocycles. The molecule has 1 aromatic rings. The van der Waals surface area contributed by atoms with Gasteiger partial charge in [0.15, 0.2) is 0 Å². The number of anilines is 1. The smallest absolute Gasteiger partial charge is 0.346 e. The summed E-state index contributed by atoms with van der Waals surface area (Å²) in [6, 6.07) is 7.54. The van der Waals surface area contributed by atoms with Crippen LogP contribution in [0.25, 0.3) is 0 Å². The lowest BCUT2D eigenvalue weighted by molar-refractivity contribution is -0.132. The van der Waals surface area contributed by atoms with Gasteiger partial charge in [-0.3, -0.25) is 4.79 Å². The van der Waals surface area contributed by atoms with Crippen LogP contribution in [0.5, 0.6) is 0 Å². The zero-order chi connectivity index (χ0) is 18.9. The van der Waals surface area contributed by atoms with Crippen LogP contribution in [0.15, 0.2) is 29.4 Å². The average molecular weight is 370 g/mol. The molecule has 1 aliphatic carbocycles. The van der Waals surface area contributed by atoms with Crippen LogP contribution in [0.3, 0.4) is 0 Å². The highest BCUT2D eigenvalue weighted by Gasteiger charge is 2.52. The minimum absolute atomic E-state index is 0.222. The molecule has 1 aromatic carbocycles. The number of nitrogens with zero attached hydrogens (tertiary/aromatic N) is 3. The molecule has 3 amide bonds. The number of hydrogen-bond acceptors (Lipinski definition) is 5. The molecule has 144 valence electrons. The van der Waals surface area contributed by atoms with Gasteiger partial charge in [-0.1, -0.05) is 19.1 Å². The van der Waals surface area contributed by atoms with Crippen molar-refractivity contribution in [1.82, 2.24) is 10.3 Å². The number of imide groups is 1. The van der Waals surface area contributed by atoms with Crippen LogP contribution in [-0.2, 0) is 9.53 Å². The summed E-state index contributed by atoms with van der Waals surface area (Å²) in [6.45, 7) is 5.45. The van der Waals surface area contributed by atoms with Crippen LogP contribution in [-0.4, -0.2) is 55.0 Å². The first-order chi connectivity index (χ1) is 13.1. The van der Waals surface area contributed by atoms with Gasteiger partial charge in [0.2, 0.25) is 0 Å². The molecule has 1 N–H and O–H groups in total. The lowest BCUT2D eigenvalue weighted by Gasteiger charge is -2.33. The highest BCUT2D eigenvalue weighted by atomic mass is 16.5. The van der Waals surface area contributed by atoms with E-state index >= 15 is 0 Å². The molecule has 3 aliphatic rings. The Morgan fingerprint density at radius 2 is 1.81 bits per heavy atom. The van der Waals surface area contributed by atoms with Crippen molar-refractivity contribution in [3.63, 3.8) is 0 Å². The van der Waals surface area contributed by atoms with E-state index in [9.17, 15) is 9.59 Å². The van der Waals surface area contributed by atoms with E-state index in [1.165, 1.54) is 0 Å². The number of amides is 3. The molecule has 3 fully saturated rings. The van der Waals surface area contributed by atoms with E-state index in [2.05, 4.69) is 22.2 Å². The number of ether oxygens (including phenoxy) is 1. The molecular weight excluding hydrogens is 344 g/mol. The number of carbonyl (C=O) groups excluding carboxylic acids is 2. The fraction of sp³-hybridized carbons (Fsp3) is 0.550. The third-order valence-corrected chi connectivity index (χ3v) is 5.86. The monoisotopic (exact) mass is 370 g/mol. The van der Waals surface area contributed by atoms with E-state index in [4.69, 9.17) is 4.74 Å². The van der Waals surface area contributed by atoms with E-state index in [0.29, 0.717) is 18.8 Å². The van der Waals surface area contributed by atoms with E-state index in [0.717, 1.165) is 55.4 Å². The van der Waals surface area contributed by atoms with Crippen molar-refractivity contribution in [2.24, 2.45) is 11.0 Å². The zero-order valence-corrected chi connectivity index (χ0v) is 15.7. The van der Waals surface area contributed by atoms with Gasteiger partial charge in [-0.15, -0.1) is 5.01 Å². The van der Waals surface area contributed by atoms with Gasteiger partial charge in [-0.25, -0.2) is 4.79 Å². The fourth-order valence-electron chi connectivity index (χ4n) is 4.02. The minimum atomic E-state index is -0.749. The van der Waals surface area contributed by atoms with Gasteiger partial charge in [0, 0.05) is 18.8 Å². The largest absolute Gasteiger partial charge is 0.378 e. The normalized spacial score (nSPS) is 29.0. The number of nitrogens with one attached hydrogen (secondary N) is 1. The fourth-order valence-corrected chi connectivity index (χ4v) is 4.02. The summed E-state index contributed by atoms with van der Waals surface area (Å²) in [5, 5.41) is 8.05. The number of hydrazone groups is 1.